The molecule has 0 aromatic heterocycles. The Morgan fingerprint density at radius 3 is 1.41 bits per heavy atom. The van der Waals surface area contributed by atoms with Gasteiger partial charge in [-0.3, -0.25) is 0 Å². The molecule has 0 saturated carbocycles. The van der Waals surface area contributed by atoms with Crippen molar-refractivity contribution in [2.45, 2.75) is 13.5 Å². The van der Waals surface area contributed by atoms with E-state index in [2.05, 4.69) is 19.1 Å². The first-order valence-corrected chi connectivity index (χ1v) is 4.99. The molecule has 1 nitrogen and oxygen atoms in total. The SMILES string of the molecule is Cc1ccccc1.Cl.Cl.OCc1ccccc1. The van der Waals surface area contributed by atoms with E-state index in [9.17, 15) is 0 Å². The third-order valence-electron chi connectivity index (χ3n) is 1.97. The van der Waals surface area contributed by atoms with E-state index in [0.29, 0.717) is 0 Å². The number of hydrogen-bond acceptors (Lipinski definition) is 1. The van der Waals surface area contributed by atoms with Crippen LogP contribution in [0.2, 0.25) is 0 Å². The molecule has 0 saturated heterocycles. The van der Waals surface area contributed by atoms with Gasteiger partial charge >= 0.3 is 0 Å². The van der Waals surface area contributed by atoms with E-state index < -0.39 is 0 Å². The summed E-state index contributed by atoms with van der Waals surface area (Å²) in [7, 11) is 0. The zero-order valence-electron chi connectivity index (χ0n) is 9.74. The second kappa shape index (κ2) is 11.5. The molecule has 2 aromatic carbocycles. The maximum atomic E-state index is 8.54. The highest BCUT2D eigenvalue weighted by molar-refractivity contribution is 5.85. The van der Waals surface area contributed by atoms with Crippen LogP contribution in [-0.2, 0) is 6.61 Å². The number of aryl methyl sites for hydroxylation is 1. The van der Waals surface area contributed by atoms with Crippen molar-refractivity contribution in [3.8, 4) is 0 Å². The van der Waals surface area contributed by atoms with E-state index in [0.717, 1.165) is 5.56 Å². The molecule has 0 unspecified atom stereocenters. The molecule has 0 radical (unpaired) electrons. The topological polar surface area (TPSA) is 20.2 Å². The van der Waals surface area contributed by atoms with Gasteiger partial charge < -0.3 is 5.11 Å². The summed E-state index contributed by atoms with van der Waals surface area (Å²) in [6, 6.07) is 19.8. The summed E-state index contributed by atoms with van der Waals surface area (Å²) in [5, 5.41) is 8.54. The Kier molecular flexibility index (Phi) is 12.4. The summed E-state index contributed by atoms with van der Waals surface area (Å²) in [6.07, 6.45) is 0. The molecule has 2 rings (SSSR count). The van der Waals surface area contributed by atoms with Crippen LogP contribution in [0.5, 0.6) is 0 Å². The maximum Gasteiger partial charge on any atom is 0.0681 e. The minimum absolute atomic E-state index is 0. The average Bonchev–Trinajstić information content (AvgIpc) is 2.32. The summed E-state index contributed by atoms with van der Waals surface area (Å²) in [5.74, 6) is 0. The number of aliphatic hydroxyl groups excluding tert-OH is 1. The number of hydrogen-bond donors (Lipinski definition) is 1. The zero-order valence-corrected chi connectivity index (χ0v) is 11.4. The maximum absolute atomic E-state index is 8.54. The van der Waals surface area contributed by atoms with Gasteiger partial charge in [-0.15, -0.1) is 24.8 Å². The Hall–Kier alpha value is -1.02. The normalized spacial score (nSPS) is 7.88. The van der Waals surface area contributed by atoms with E-state index in [1.165, 1.54) is 5.56 Å². The van der Waals surface area contributed by atoms with E-state index in [-0.39, 0.29) is 31.4 Å². The predicted molar refractivity (Wildman–Crippen MR) is 78.0 cm³/mol. The summed E-state index contributed by atoms with van der Waals surface area (Å²) in [5.41, 5.74) is 2.29. The molecule has 1 N–H and O–H groups in total. The Morgan fingerprint density at radius 1 is 0.765 bits per heavy atom. The lowest BCUT2D eigenvalue weighted by Gasteiger charge is -1.89. The van der Waals surface area contributed by atoms with Crippen LogP contribution in [0.25, 0.3) is 0 Å². The first kappa shape index (κ1) is 18.3. The molecule has 0 aliphatic carbocycles. The second-order valence-corrected chi connectivity index (χ2v) is 3.30. The Morgan fingerprint density at radius 2 is 1.18 bits per heavy atom. The monoisotopic (exact) mass is 272 g/mol. The molecule has 0 fully saturated rings. The van der Waals surface area contributed by atoms with E-state index in [1.807, 2.05) is 48.5 Å². The Labute approximate surface area is 115 Å². The van der Waals surface area contributed by atoms with Gasteiger partial charge in [-0.05, 0) is 12.5 Å². The van der Waals surface area contributed by atoms with Crippen LogP contribution in [0.3, 0.4) is 0 Å². The van der Waals surface area contributed by atoms with Gasteiger partial charge in [0.15, 0.2) is 0 Å². The molecule has 2 aromatic rings. The van der Waals surface area contributed by atoms with Gasteiger partial charge in [0.2, 0.25) is 0 Å². The summed E-state index contributed by atoms with van der Waals surface area (Å²) < 4.78 is 0. The Bertz CT molecular complexity index is 362. The zero-order chi connectivity index (χ0) is 10.9. The average molecular weight is 273 g/mol. The van der Waals surface area contributed by atoms with Gasteiger partial charge in [0.05, 0.1) is 6.61 Å². The van der Waals surface area contributed by atoms with Crippen LogP contribution in [-0.4, -0.2) is 5.11 Å². The fourth-order valence-electron chi connectivity index (χ4n) is 1.12. The molecule has 3 heteroatoms. The van der Waals surface area contributed by atoms with Gasteiger partial charge in [-0.2, -0.15) is 0 Å². The molecule has 0 heterocycles. The first-order valence-electron chi connectivity index (χ1n) is 4.99. The van der Waals surface area contributed by atoms with Crippen molar-refractivity contribution in [3.05, 3.63) is 71.8 Å². The second-order valence-electron chi connectivity index (χ2n) is 3.30. The van der Waals surface area contributed by atoms with Crippen LogP contribution < -0.4 is 0 Å². The van der Waals surface area contributed by atoms with E-state index in [1.54, 1.807) is 0 Å². The van der Waals surface area contributed by atoms with Crippen molar-refractivity contribution in [2.24, 2.45) is 0 Å². The molecule has 0 spiro atoms. The third-order valence-corrected chi connectivity index (χ3v) is 1.97. The minimum Gasteiger partial charge on any atom is -0.392 e. The van der Waals surface area contributed by atoms with Gasteiger partial charge in [-0.25, -0.2) is 0 Å². The fraction of sp³-hybridized carbons (Fsp3) is 0.143. The highest BCUT2D eigenvalue weighted by Crippen LogP contribution is 1.95. The minimum atomic E-state index is 0. The van der Waals surface area contributed by atoms with Crippen molar-refractivity contribution in [1.29, 1.82) is 0 Å². The lowest BCUT2D eigenvalue weighted by molar-refractivity contribution is 0.282. The number of halogens is 2. The van der Waals surface area contributed by atoms with Crippen LogP contribution in [0, 0.1) is 6.92 Å². The van der Waals surface area contributed by atoms with Crippen molar-refractivity contribution in [2.75, 3.05) is 0 Å². The number of benzene rings is 2. The quantitative estimate of drug-likeness (QED) is 0.832. The van der Waals surface area contributed by atoms with Gasteiger partial charge in [0.1, 0.15) is 0 Å². The van der Waals surface area contributed by atoms with Crippen LogP contribution in [0.1, 0.15) is 11.1 Å². The molecule has 0 aliphatic rings. The third kappa shape index (κ3) is 8.75. The molecule has 0 aliphatic heterocycles. The summed E-state index contributed by atoms with van der Waals surface area (Å²) >= 11 is 0. The predicted octanol–water partition coefficient (Wildman–Crippen LogP) is 4.02. The lowest BCUT2D eigenvalue weighted by atomic mass is 10.2. The molecular formula is C14H18Cl2O. The largest absolute Gasteiger partial charge is 0.392 e. The van der Waals surface area contributed by atoms with Gasteiger partial charge in [0, 0.05) is 0 Å². The highest BCUT2D eigenvalue weighted by atomic mass is 35.5. The van der Waals surface area contributed by atoms with Crippen molar-refractivity contribution < 1.29 is 5.11 Å². The first-order chi connectivity index (χ1) is 7.33. The summed E-state index contributed by atoms with van der Waals surface area (Å²) in [6.45, 7) is 2.22. The van der Waals surface area contributed by atoms with Crippen LogP contribution in [0.15, 0.2) is 60.7 Å². The molecular weight excluding hydrogens is 255 g/mol. The van der Waals surface area contributed by atoms with Crippen molar-refractivity contribution in [3.63, 3.8) is 0 Å². The standard InChI is InChI=1S/C7H8O.C7H8.2ClH/c8-6-7-4-2-1-3-5-7;1-7-5-3-2-4-6-7;;/h1-5,8H,6H2;2-6H,1H3;2*1H. The summed E-state index contributed by atoms with van der Waals surface area (Å²) in [4.78, 5) is 0. The number of aliphatic hydroxyl groups is 1. The van der Waals surface area contributed by atoms with Crippen LogP contribution in [0.4, 0.5) is 0 Å². The Balaban J connectivity index is 0. The van der Waals surface area contributed by atoms with Crippen molar-refractivity contribution in [1.82, 2.24) is 0 Å². The van der Waals surface area contributed by atoms with Gasteiger partial charge in [-0.1, -0.05) is 66.2 Å². The highest BCUT2D eigenvalue weighted by Gasteiger charge is 1.81. The fourth-order valence-corrected chi connectivity index (χ4v) is 1.12. The smallest absolute Gasteiger partial charge is 0.0681 e. The molecule has 0 amide bonds. The lowest BCUT2D eigenvalue weighted by Crippen LogP contribution is -1.77. The number of rotatable bonds is 1. The molecule has 0 bridgehead atoms. The molecule has 17 heavy (non-hydrogen) atoms. The van der Waals surface area contributed by atoms with Gasteiger partial charge in [0.25, 0.3) is 0 Å². The van der Waals surface area contributed by atoms with E-state index in [4.69, 9.17) is 5.11 Å². The van der Waals surface area contributed by atoms with Crippen molar-refractivity contribution >= 4 is 24.8 Å². The van der Waals surface area contributed by atoms with E-state index >= 15 is 0 Å². The molecule has 94 valence electrons. The van der Waals surface area contributed by atoms with Crippen LogP contribution >= 0.6 is 24.8 Å². The molecule has 0 atom stereocenters.